The molecule has 0 spiro atoms. The first-order valence-electron chi connectivity index (χ1n) is 7.96. The summed E-state index contributed by atoms with van der Waals surface area (Å²) in [7, 11) is 0. The fraction of sp³-hybridized carbons (Fsp3) is 0.368. The molecular formula is C19H24N2O. The quantitative estimate of drug-likeness (QED) is 0.853. The van der Waals surface area contributed by atoms with Crippen LogP contribution in [0.2, 0.25) is 0 Å². The highest BCUT2D eigenvalue weighted by atomic mass is 16.3. The van der Waals surface area contributed by atoms with Crippen molar-refractivity contribution in [2.24, 2.45) is 0 Å². The highest BCUT2D eigenvalue weighted by molar-refractivity contribution is 5.48. The van der Waals surface area contributed by atoms with Gasteiger partial charge in [0, 0.05) is 25.3 Å². The van der Waals surface area contributed by atoms with Gasteiger partial charge < -0.3 is 10.8 Å². The van der Waals surface area contributed by atoms with Crippen molar-refractivity contribution in [3.8, 4) is 0 Å². The van der Waals surface area contributed by atoms with E-state index in [1.807, 2.05) is 25.1 Å². The summed E-state index contributed by atoms with van der Waals surface area (Å²) in [5.74, 6) is 0. The fourth-order valence-corrected chi connectivity index (χ4v) is 3.08. The molecule has 0 amide bonds. The summed E-state index contributed by atoms with van der Waals surface area (Å²) in [6.45, 7) is 4.94. The zero-order valence-electron chi connectivity index (χ0n) is 13.1. The zero-order chi connectivity index (χ0) is 15.5. The van der Waals surface area contributed by atoms with E-state index in [2.05, 4.69) is 29.2 Å². The summed E-state index contributed by atoms with van der Waals surface area (Å²) in [5, 5.41) is 10.4. The number of aliphatic hydroxyl groups is 1. The van der Waals surface area contributed by atoms with Crippen LogP contribution in [0.3, 0.4) is 0 Å². The standard InChI is InChI=1S/C19H24N2O/c1-14-6-7-16(12-18(14)20)19(22)9-11-21-10-8-15-4-2-3-5-17(15)13-21/h2-7,12,19,22H,8-11,13,20H2,1H3. The first kappa shape index (κ1) is 15.1. The maximum absolute atomic E-state index is 10.4. The molecule has 0 aliphatic carbocycles. The second kappa shape index (κ2) is 6.51. The Balaban J connectivity index is 1.58. The molecule has 2 aromatic carbocycles. The van der Waals surface area contributed by atoms with Gasteiger partial charge in [0.1, 0.15) is 0 Å². The van der Waals surface area contributed by atoms with Gasteiger partial charge in [-0.3, -0.25) is 4.90 Å². The van der Waals surface area contributed by atoms with E-state index < -0.39 is 6.10 Å². The fourth-order valence-electron chi connectivity index (χ4n) is 3.08. The van der Waals surface area contributed by atoms with Crippen LogP contribution in [0.15, 0.2) is 42.5 Å². The van der Waals surface area contributed by atoms with Gasteiger partial charge in [0.05, 0.1) is 6.10 Å². The number of nitrogens with zero attached hydrogens (tertiary/aromatic N) is 1. The van der Waals surface area contributed by atoms with Crippen molar-refractivity contribution >= 4 is 5.69 Å². The minimum absolute atomic E-state index is 0.444. The first-order valence-corrected chi connectivity index (χ1v) is 7.96. The normalized spacial score (nSPS) is 16.3. The van der Waals surface area contributed by atoms with Crippen LogP contribution >= 0.6 is 0 Å². The molecule has 0 aromatic heterocycles. The SMILES string of the molecule is Cc1ccc(C(O)CCN2CCc3ccccc3C2)cc1N. The van der Waals surface area contributed by atoms with E-state index >= 15 is 0 Å². The number of hydrogen-bond donors (Lipinski definition) is 2. The van der Waals surface area contributed by atoms with Gasteiger partial charge in [-0.15, -0.1) is 0 Å². The Morgan fingerprint density at radius 2 is 1.95 bits per heavy atom. The number of rotatable bonds is 4. The van der Waals surface area contributed by atoms with Crippen molar-refractivity contribution in [3.05, 3.63) is 64.7 Å². The molecular weight excluding hydrogens is 272 g/mol. The second-order valence-corrected chi connectivity index (χ2v) is 6.22. The Morgan fingerprint density at radius 3 is 2.73 bits per heavy atom. The smallest absolute Gasteiger partial charge is 0.0803 e. The van der Waals surface area contributed by atoms with Crippen LogP contribution in [0.1, 0.15) is 34.8 Å². The van der Waals surface area contributed by atoms with Gasteiger partial charge in [-0.2, -0.15) is 0 Å². The van der Waals surface area contributed by atoms with E-state index in [0.29, 0.717) is 0 Å². The van der Waals surface area contributed by atoms with Crippen molar-refractivity contribution in [3.63, 3.8) is 0 Å². The van der Waals surface area contributed by atoms with E-state index in [0.717, 1.165) is 49.3 Å². The van der Waals surface area contributed by atoms with Crippen molar-refractivity contribution in [2.45, 2.75) is 32.4 Å². The van der Waals surface area contributed by atoms with Gasteiger partial charge in [0.15, 0.2) is 0 Å². The van der Waals surface area contributed by atoms with Crippen molar-refractivity contribution < 1.29 is 5.11 Å². The minimum Gasteiger partial charge on any atom is -0.399 e. The lowest BCUT2D eigenvalue weighted by Crippen LogP contribution is -2.32. The van der Waals surface area contributed by atoms with Gasteiger partial charge in [-0.05, 0) is 48.1 Å². The van der Waals surface area contributed by atoms with Crippen LogP contribution in [0.25, 0.3) is 0 Å². The molecule has 1 unspecified atom stereocenters. The van der Waals surface area contributed by atoms with Gasteiger partial charge in [0.25, 0.3) is 0 Å². The van der Waals surface area contributed by atoms with Crippen LogP contribution < -0.4 is 5.73 Å². The third kappa shape index (κ3) is 3.32. The lowest BCUT2D eigenvalue weighted by atomic mass is 9.99. The minimum atomic E-state index is -0.444. The second-order valence-electron chi connectivity index (χ2n) is 6.22. The van der Waals surface area contributed by atoms with Crippen molar-refractivity contribution in [1.29, 1.82) is 0 Å². The number of aryl methyl sites for hydroxylation is 1. The Hall–Kier alpha value is -1.84. The van der Waals surface area contributed by atoms with Crippen LogP contribution in [0.4, 0.5) is 5.69 Å². The van der Waals surface area contributed by atoms with E-state index in [1.54, 1.807) is 0 Å². The monoisotopic (exact) mass is 296 g/mol. The van der Waals surface area contributed by atoms with Crippen LogP contribution in [0.5, 0.6) is 0 Å². The average molecular weight is 296 g/mol. The lowest BCUT2D eigenvalue weighted by Gasteiger charge is -2.29. The summed E-state index contributed by atoms with van der Waals surface area (Å²) in [6.07, 6.45) is 1.40. The molecule has 1 atom stereocenters. The average Bonchev–Trinajstić information content (AvgIpc) is 2.55. The third-order valence-electron chi connectivity index (χ3n) is 4.62. The molecule has 2 aromatic rings. The molecule has 0 saturated heterocycles. The first-order chi connectivity index (χ1) is 10.6. The van der Waals surface area contributed by atoms with Crippen molar-refractivity contribution in [2.75, 3.05) is 18.8 Å². The maximum atomic E-state index is 10.4. The summed E-state index contributed by atoms with van der Waals surface area (Å²) in [5.41, 5.74) is 11.5. The molecule has 0 saturated carbocycles. The molecule has 3 N–H and O–H groups in total. The Bertz CT molecular complexity index is 654. The maximum Gasteiger partial charge on any atom is 0.0803 e. The number of nitrogen functional groups attached to an aromatic ring is 1. The predicted octanol–water partition coefficient (Wildman–Crippen LogP) is 3.06. The van der Waals surface area contributed by atoms with E-state index in [9.17, 15) is 5.11 Å². The molecule has 0 radical (unpaired) electrons. The molecule has 22 heavy (non-hydrogen) atoms. The number of aliphatic hydroxyl groups excluding tert-OH is 1. The molecule has 1 heterocycles. The number of benzene rings is 2. The predicted molar refractivity (Wildman–Crippen MR) is 90.6 cm³/mol. The largest absolute Gasteiger partial charge is 0.399 e. The lowest BCUT2D eigenvalue weighted by molar-refractivity contribution is 0.137. The van der Waals surface area contributed by atoms with Gasteiger partial charge in [-0.1, -0.05) is 36.4 Å². The van der Waals surface area contributed by atoms with E-state index in [-0.39, 0.29) is 0 Å². The molecule has 3 rings (SSSR count). The van der Waals surface area contributed by atoms with Crippen molar-refractivity contribution in [1.82, 2.24) is 4.90 Å². The highest BCUT2D eigenvalue weighted by Gasteiger charge is 2.17. The molecule has 116 valence electrons. The van der Waals surface area contributed by atoms with E-state index in [1.165, 1.54) is 11.1 Å². The number of anilines is 1. The van der Waals surface area contributed by atoms with E-state index in [4.69, 9.17) is 5.73 Å². The molecule has 0 fully saturated rings. The van der Waals surface area contributed by atoms with Crippen LogP contribution in [-0.2, 0) is 13.0 Å². The third-order valence-corrected chi connectivity index (χ3v) is 4.62. The highest BCUT2D eigenvalue weighted by Crippen LogP contribution is 2.23. The van der Waals surface area contributed by atoms with Gasteiger partial charge >= 0.3 is 0 Å². The summed E-state index contributed by atoms with van der Waals surface area (Å²) >= 11 is 0. The zero-order valence-corrected chi connectivity index (χ0v) is 13.1. The molecule has 1 aliphatic rings. The molecule has 3 heteroatoms. The Kier molecular flexibility index (Phi) is 4.46. The van der Waals surface area contributed by atoms with Crippen LogP contribution in [-0.4, -0.2) is 23.1 Å². The van der Waals surface area contributed by atoms with Gasteiger partial charge in [-0.25, -0.2) is 0 Å². The topological polar surface area (TPSA) is 49.5 Å². The summed E-state index contributed by atoms with van der Waals surface area (Å²) in [4.78, 5) is 2.42. The number of nitrogens with two attached hydrogens (primary N) is 1. The molecule has 1 aliphatic heterocycles. The molecule has 3 nitrogen and oxygen atoms in total. The summed E-state index contributed by atoms with van der Waals surface area (Å²) in [6, 6.07) is 14.5. The molecule has 0 bridgehead atoms. The number of fused-ring (bicyclic) bond motifs is 1. The Morgan fingerprint density at radius 1 is 1.18 bits per heavy atom. The number of hydrogen-bond acceptors (Lipinski definition) is 3. The van der Waals surface area contributed by atoms with Crippen LogP contribution in [0, 0.1) is 6.92 Å². The Labute approximate surface area is 132 Å². The van der Waals surface area contributed by atoms with Gasteiger partial charge in [0.2, 0.25) is 0 Å². The summed E-state index contributed by atoms with van der Waals surface area (Å²) < 4.78 is 0.